The topological polar surface area (TPSA) is 41.6 Å². The second kappa shape index (κ2) is 7.42. The van der Waals surface area contributed by atoms with Crippen molar-refractivity contribution in [3.8, 4) is 33.9 Å². The van der Waals surface area contributed by atoms with E-state index in [9.17, 15) is 0 Å². The third kappa shape index (κ3) is 3.44. The van der Waals surface area contributed by atoms with Crippen molar-refractivity contribution in [1.29, 1.82) is 0 Å². The highest BCUT2D eigenvalue weighted by Gasteiger charge is 2.18. The number of H-pyrrole nitrogens is 1. The van der Waals surface area contributed by atoms with E-state index in [4.69, 9.17) is 28.2 Å². The summed E-state index contributed by atoms with van der Waals surface area (Å²) in [6.07, 6.45) is 3.54. The monoisotopic (exact) mass is 407 g/mol. The van der Waals surface area contributed by atoms with E-state index < -0.39 is 0 Å². The van der Waals surface area contributed by atoms with Crippen LogP contribution in [-0.4, -0.2) is 15.0 Å². The van der Waals surface area contributed by atoms with Crippen LogP contribution in [0.25, 0.3) is 33.9 Å². The molecule has 4 aromatic rings. The zero-order valence-corrected chi connectivity index (χ0v) is 17.4. The number of benzene rings is 2. The molecule has 0 bridgehead atoms. The number of imidazole rings is 1. The van der Waals surface area contributed by atoms with Crippen molar-refractivity contribution in [1.82, 2.24) is 15.0 Å². The fourth-order valence-corrected chi connectivity index (χ4v) is 3.92. The molecule has 0 aliphatic carbocycles. The van der Waals surface area contributed by atoms with Gasteiger partial charge in [0.1, 0.15) is 5.82 Å². The van der Waals surface area contributed by atoms with Crippen LogP contribution < -0.4 is 0 Å². The first kappa shape index (κ1) is 18.7. The smallest absolute Gasteiger partial charge is 0.139 e. The van der Waals surface area contributed by atoms with Gasteiger partial charge in [-0.15, -0.1) is 0 Å². The second-order valence-electron chi connectivity index (χ2n) is 6.95. The second-order valence-corrected chi connectivity index (χ2v) is 7.76. The van der Waals surface area contributed by atoms with Crippen LogP contribution in [0.2, 0.25) is 10.0 Å². The minimum absolute atomic E-state index is 0.513. The summed E-state index contributed by atoms with van der Waals surface area (Å²) in [5, 5.41) is 1.04. The van der Waals surface area contributed by atoms with Crippen molar-refractivity contribution in [3.63, 3.8) is 0 Å². The summed E-state index contributed by atoms with van der Waals surface area (Å²) in [4.78, 5) is 12.6. The van der Waals surface area contributed by atoms with E-state index in [2.05, 4.69) is 42.9 Å². The Morgan fingerprint density at radius 3 is 2.11 bits per heavy atom. The van der Waals surface area contributed by atoms with Crippen LogP contribution in [0.5, 0.6) is 0 Å². The molecule has 4 rings (SSSR count). The molecule has 3 nitrogen and oxygen atoms in total. The SMILES string of the molecule is Cc1cc(C)c(-c2nc(-c3ccncc3)c(-c3ccc(Cl)c(Cl)c3)[nH]2)c(C)c1. The van der Waals surface area contributed by atoms with Gasteiger partial charge < -0.3 is 4.98 Å². The van der Waals surface area contributed by atoms with Gasteiger partial charge >= 0.3 is 0 Å². The van der Waals surface area contributed by atoms with Crippen LogP contribution in [0, 0.1) is 20.8 Å². The highest BCUT2D eigenvalue weighted by atomic mass is 35.5. The Labute approximate surface area is 174 Å². The molecule has 0 aliphatic rings. The van der Waals surface area contributed by atoms with Crippen LogP contribution in [0.4, 0.5) is 0 Å². The maximum Gasteiger partial charge on any atom is 0.139 e. The Morgan fingerprint density at radius 1 is 0.786 bits per heavy atom. The zero-order valence-electron chi connectivity index (χ0n) is 15.8. The van der Waals surface area contributed by atoms with Crippen LogP contribution in [-0.2, 0) is 0 Å². The molecule has 0 amide bonds. The summed E-state index contributed by atoms with van der Waals surface area (Å²) in [5.74, 6) is 0.836. The minimum atomic E-state index is 0.513. The third-order valence-electron chi connectivity index (χ3n) is 4.78. The number of hydrogen-bond acceptors (Lipinski definition) is 2. The van der Waals surface area contributed by atoms with Crippen molar-refractivity contribution >= 4 is 23.2 Å². The highest BCUT2D eigenvalue weighted by molar-refractivity contribution is 6.42. The molecule has 0 atom stereocenters. The summed E-state index contributed by atoms with van der Waals surface area (Å²) in [7, 11) is 0. The number of aromatic amines is 1. The van der Waals surface area contributed by atoms with Gasteiger partial charge in [0, 0.05) is 29.1 Å². The number of hydrogen-bond donors (Lipinski definition) is 1. The van der Waals surface area contributed by atoms with Crippen molar-refractivity contribution in [3.05, 3.63) is 81.6 Å². The predicted molar refractivity (Wildman–Crippen MR) is 117 cm³/mol. The lowest BCUT2D eigenvalue weighted by Crippen LogP contribution is -1.92. The van der Waals surface area contributed by atoms with E-state index in [0.29, 0.717) is 10.0 Å². The molecule has 0 fully saturated rings. The van der Waals surface area contributed by atoms with E-state index in [0.717, 1.165) is 33.9 Å². The van der Waals surface area contributed by atoms with Gasteiger partial charge in [0.15, 0.2) is 0 Å². The number of aromatic nitrogens is 3. The largest absolute Gasteiger partial charge is 0.337 e. The normalized spacial score (nSPS) is 11.0. The minimum Gasteiger partial charge on any atom is -0.337 e. The summed E-state index contributed by atoms with van der Waals surface area (Å²) in [6.45, 7) is 6.33. The maximum atomic E-state index is 6.28. The lowest BCUT2D eigenvalue weighted by molar-refractivity contribution is 1.24. The Balaban J connectivity index is 1.96. The molecule has 140 valence electrons. The number of rotatable bonds is 3. The lowest BCUT2D eigenvalue weighted by atomic mass is 9.99. The summed E-state index contributed by atoms with van der Waals surface area (Å²) < 4.78 is 0. The van der Waals surface area contributed by atoms with Gasteiger partial charge in [0.05, 0.1) is 21.4 Å². The zero-order chi connectivity index (χ0) is 19.8. The van der Waals surface area contributed by atoms with E-state index in [1.807, 2.05) is 24.3 Å². The van der Waals surface area contributed by atoms with Gasteiger partial charge in [-0.05, 0) is 56.2 Å². The van der Waals surface area contributed by atoms with E-state index in [1.54, 1.807) is 18.5 Å². The third-order valence-corrected chi connectivity index (χ3v) is 5.52. The van der Waals surface area contributed by atoms with Gasteiger partial charge in [-0.3, -0.25) is 4.98 Å². The van der Waals surface area contributed by atoms with Gasteiger partial charge in [0.2, 0.25) is 0 Å². The van der Waals surface area contributed by atoms with Gasteiger partial charge in [-0.1, -0.05) is 47.0 Å². The summed E-state index contributed by atoms with van der Waals surface area (Å²) in [6, 6.07) is 13.9. The molecule has 0 saturated carbocycles. The Kier molecular flexibility index (Phi) is 4.96. The summed E-state index contributed by atoms with van der Waals surface area (Å²) >= 11 is 12.4. The molecule has 1 N–H and O–H groups in total. The molecular weight excluding hydrogens is 389 g/mol. The van der Waals surface area contributed by atoms with Crippen molar-refractivity contribution < 1.29 is 0 Å². The standard InChI is InChI=1S/C23H19Cl2N3/c1-13-10-14(2)20(15(3)11-13)23-27-21(16-6-8-26-9-7-16)22(28-23)17-4-5-18(24)19(25)12-17/h4-12H,1-3H3,(H,27,28). The quantitative estimate of drug-likeness (QED) is 0.395. The number of nitrogens with one attached hydrogen (secondary N) is 1. The molecule has 0 spiro atoms. The molecule has 5 heteroatoms. The fourth-order valence-electron chi connectivity index (χ4n) is 3.62. The van der Waals surface area contributed by atoms with Crippen molar-refractivity contribution in [2.45, 2.75) is 20.8 Å². The highest BCUT2D eigenvalue weighted by Crippen LogP contribution is 2.37. The average Bonchev–Trinajstić information content (AvgIpc) is 3.09. The van der Waals surface area contributed by atoms with Crippen LogP contribution in [0.1, 0.15) is 16.7 Å². The van der Waals surface area contributed by atoms with E-state index >= 15 is 0 Å². The van der Waals surface area contributed by atoms with E-state index in [1.165, 1.54) is 16.7 Å². The fraction of sp³-hybridized carbons (Fsp3) is 0.130. The molecule has 2 heterocycles. The number of nitrogens with zero attached hydrogens (tertiary/aromatic N) is 2. The average molecular weight is 408 g/mol. The Hall–Kier alpha value is -2.62. The number of aryl methyl sites for hydroxylation is 3. The van der Waals surface area contributed by atoms with Gasteiger partial charge in [-0.2, -0.15) is 0 Å². The number of halogens is 2. The molecular formula is C23H19Cl2N3. The molecule has 0 aliphatic heterocycles. The van der Waals surface area contributed by atoms with Crippen LogP contribution in [0.15, 0.2) is 54.9 Å². The first-order valence-electron chi connectivity index (χ1n) is 8.98. The van der Waals surface area contributed by atoms with Crippen LogP contribution >= 0.6 is 23.2 Å². The molecule has 28 heavy (non-hydrogen) atoms. The van der Waals surface area contributed by atoms with Crippen molar-refractivity contribution in [2.75, 3.05) is 0 Å². The molecule has 0 radical (unpaired) electrons. The molecule has 2 aromatic carbocycles. The predicted octanol–water partition coefficient (Wildman–Crippen LogP) is 7.04. The molecule has 0 saturated heterocycles. The first-order valence-corrected chi connectivity index (χ1v) is 9.73. The molecule has 2 aromatic heterocycles. The summed E-state index contributed by atoms with van der Waals surface area (Å²) in [5.41, 5.74) is 8.41. The maximum absolute atomic E-state index is 6.28. The Morgan fingerprint density at radius 2 is 1.46 bits per heavy atom. The molecule has 0 unspecified atom stereocenters. The van der Waals surface area contributed by atoms with Crippen molar-refractivity contribution in [2.24, 2.45) is 0 Å². The number of pyridine rings is 1. The lowest BCUT2D eigenvalue weighted by Gasteiger charge is -2.08. The van der Waals surface area contributed by atoms with Gasteiger partial charge in [0.25, 0.3) is 0 Å². The first-order chi connectivity index (χ1) is 13.4. The van der Waals surface area contributed by atoms with Crippen LogP contribution in [0.3, 0.4) is 0 Å². The Bertz CT molecular complexity index is 1140. The van der Waals surface area contributed by atoms with Gasteiger partial charge in [-0.25, -0.2) is 4.98 Å². The van der Waals surface area contributed by atoms with E-state index in [-0.39, 0.29) is 0 Å².